The van der Waals surface area contributed by atoms with Crippen LogP contribution in [0.4, 0.5) is 0 Å². The smallest absolute Gasteiger partial charge is 0.229 e. The molecule has 1 aromatic carbocycles. The van der Waals surface area contributed by atoms with Crippen molar-refractivity contribution in [2.24, 2.45) is 0 Å². The molecular weight excluding hydrogens is 296 g/mol. The molecule has 1 unspecified atom stereocenters. The molecule has 2 aliphatic rings. The fourth-order valence-corrected chi connectivity index (χ4v) is 3.08. The van der Waals surface area contributed by atoms with Gasteiger partial charge in [-0.2, -0.15) is 0 Å². The molecule has 1 atom stereocenters. The van der Waals surface area contributed by atoms with Crippen molar-refractivity contribution in [1.29, 1.82) is 0 Å². The number of piperazine rings is 1. The molecule has 3 rings (SSSR count). The van der Waals surface area contributed by atoms with E-state index in [4.69, 9.17) is 14.6 Å². The Morgan fingerprint density at radius 2 is 1.87 bits per heavy atom. The Hall–Kier alpha value is -1.79. The lowest BCUT2D eigenvalue weighted by Gasteiger charge is -2.35. The van der Waals surface area contributed by atoms with E-state index in [9.17, 15) is 4.79 Å². The number of rotatable bonds is 4. The van der Waals surface area contributed by atoms with Crippen LogP contribution in [0, 0.1) is 0 Å². The molecule has 1 saturated heterocycles. The van der Waals surface area contributed by atoms with E-state index in [1.165, 1.54) is 0 Å². The maximum Gasteiger partial charge on any atom is 0.229 e. The second kappa shape index (κ2) is 7.19. The molecule has 0 aromatic heterocycles. The van der Waals surface area contributed by atoms with E-state index in [0.29, 0.717) is 32.8 Å². The number of fused-ring (bicyclic) bond motifs is 1. The standard InChI is InChI=1S/C17H24N2O4/c1-13(14-2-3-15-16(12-14)23-11-10-22-15)17(21)19-6-4-18(5-7-19)8-9-20/h2-3,12-13,20H,4-11H2,1H3. The number of hydrogen-bond acceptors (Lipinski definition) is 5. The van der Waals surface area contributed by atoms with E-state index >= 15 is 0 Å². The van der Waals surface area contributed by atoms with E-state index in [2.05, 4.69) is 4.90 Å². The minimum atomic E-state index is -0.199. The lowest BCUT2D eigenvalue weighted by molar-refractivity contribution is -0.134. The highest BCUT2D eigenvalue weighted by atomic mass is 16.6. The zero-order chi connectivity index (χ0) is 16.2. The average Bonchev–Trinajstić information content (AvgIpc) is 2.61. The van der Waals surface area contributed by atoms with Gasteiger partial charge in [0.25, 0.3) is 0 Å². The molecule has 126 valence electrons. The first-order valence-corrected chi connectivity index (χ1v) is 8.20. The number of nitrogens with zero attached hydrogens (tertiary/aromatic N) is 2. The largest absolute Gasteiger partial charge is 0.486 e. The van der Waals surface area contributed by atoms with Gasteiger partial charge in [-0.05, 0) is 24.6 Å². The topological polar surface area (TPSA) is 62.2 Å². The van der Waals surface area contributed by atoms with E-state index in [1.807, 2.05) is 30.0 Å². The SMILES string of the molecule is CC(C(=O)N1CCN(CCO)CC1)c1ccc2c(c1)OCCO2. The summed E-state index contributed by atoms with van der Waals surface area (Å²) in [6.45, 7) is 6.97. The van der Waals surface area contributed by atoms with Gasteiger partial charge in [-0.25, -0.2) is 0 Å². The van der Waals surface area contributed by atoms with Gasteiger partial charge in [-0.3, -0.25) is 9.69 Å². The Bertz CT molecular complexity index is 556. The Balaban J connectivity index is 1.63. The molecule has 0 bridgehead atoms. The van der Waals surface area contributed by atoms with Crippen molar-refractivity contribution in [3.8, 4) is 11.5 Å². The highest BCUT2D eigenvalue weighted by molar-refractivity contribution is 5.83. The summed E-state index contributed by atoms with van der Waals surface area (Å²) in [6, 6.07) is 5.74. The highest BCUT2D eigenvalue weighted by Gasteiger charge is 2.26. The second-order valence-corrected chi connectivity index (χ2v) is 6.02. The summed E-state index contributed by atoms with van der Waals surface area (Å²) in [5.41, 5.74) is 0.956. The van der Waals surface area contributed by atoms with Crippen LogP contribution in [0.5, 0.6) is 11.5 Å². The summed E-state index contributed by atoms with van der Waals surface area (Å²) in [7, 11) is 0. The van der Waals surface area contributed by atoms with Gasteiger partial charge in [-0.1, -0.05) is 6.07 Å². The number of carbonyl (C=O) groups excluding carboxylic acids is 1. The van der Waals surface area contributed by atoms with Crippen LogP contribution in [0.1, 0.15) is 18.4 Å². The van der Waals surface area contributed by atoms with Crippen molar-refractivity contribution in [3.63, 3.8) is 0 Å². The van der Waals surface area contributed by atoms with Crippen LogP contribution >= 0.6 is 0 Å². The minimum absolute atomic E-state index is 0.144. The molecule has 1 fully saturated rings. The van der Waals surface area contributed by atoms with Gasteiger partial charge >= 0.3 is 0 Å². The summed E-state index contributed by atoms with van der Waals surface area (Å²) in [5.74, 6) is 1.42. The third-order valence-corrected chi connectivity index (χ3v) is 4.54. The Morgan fingerprint density at radius 1 is 1.17 bits per heavy atom. The molecule has 2 heterocycles. The molecule has 0 aliphatic carbocycles. The number of carbonyl (C=O) groups is 1. The van der Waals surface area contributed by atoms with Crippen LogP contribution in [-0.2, 0) is 4.79 Å². The van der Waals surface area contributed by atoms with Crippen LogP contribution < -0.4 is 9.47 Å². The van der Waals surface area contributed by atoms with Crippen LogP contribution in [0.3, 0.4) is 0 Å². The number of amides is 1. The number of β-amino-alcohol motifs (C(OH)–C–C–N with tert-alkyl or cyclic N) is 1. The van der Waals surface area contributed by atoms with E-state index in [-0.39, 0.29) is 18.4 Å². The lowest BCUT2D eigenvalue weighted by Crippen LogP contribution is -2.50. The van der Waals surface area contributed by atoms with Crippen LogP contribution in [0.15, 0.2) is 18.2 Å². The van der Waals surface area contributed by atoms with Crippen molar-refractivity contribution in [1.82, 2.24) is 9.80 Å². The van der Waals surface area contributed by atoms with Crippen LogP contribution in [-0.4, -0.2) is 73.4 Å². The maximum atomic E-state index is 12.7. The summed E-state index contributed by atoms with van der Waals surface area (Å²) in [6.07, 6.45) is 0. The van der Waals surface area contributed by atoms with Crippen molar-refractivity contribution < 1.29 is 19.4 Å². The number of benzene rings is 1. The fraction of sp³-hybridized carbons (Fsp3) is 0.588. The van der Waals surface area contributed by atoms with Crippen molar-refractivity contribution in [2.75, 3.05) is 52.5 Å². The zero-order valence-electron chi connectivity index (χ0n) is 13.5. The minimum Gasteiger partial charge on any atom is -0.486 e. The van der Waals surface area contributed by atoms with Crippen molar-refractivity contribution in [2.45, 2.75) is 12.8 Å². The van der Waals surface area contributed by atoms with Crippen molar-refractivity contribution in [3.05, 3.63) is 23.8 Å². The monoisotopic (exact) mass is 320 g/mol. The van der Waals surface area contributed by atoms with Gasteiger partial charge in [0.15, 0.2) is 11.5 Å². The molecule has 0 saturated carbocycles. The summed E-state index contributed by atoms with van der Waals surface area (Å²) < 4.78 is 11.1. The third kappa shape index (κ3) is 3.59. The van der Waals surface area contributed by atoms with E-state index < -0.39 is 0 Å². The predicted octanol–water partition coefficient (Wildman–Crippen LogP) is 0.698. The van der Waals surface area contributed by atoms with Gasteiger partial charge in [0, 0.05) is 32.7 Å². The first kappa shape index (κ1) is 16.1. The van der Waals surface area contributed by atoms with Gasteiger partial charge < -0.3 is 19.5 Å². The maximum absolute atomic E-state index is 12.7. The van der Waals surface area contributed by atoms with Crippen LogP contribution in [0.2, 0.25) is 0 Å². The fourth-order valence-electron chi connectivity index (χ4n) is 3.08. The number of aliphatic hydroxyl groups excluding tert-OH is 1. The first-order valence-electron chi connectivity index (χ1n) is 8.20. The third-order valence-electron chi connectivity index (χ3n) is 4.54. The van der Waals surface area contributed by atoms with Gasteiger partial charge in [0.05, 0.1) is 12.5 Å². The van der Waals surface area contributed by atoms with Gasteiger partial charge in [-0.15, -0.1) is 0 Å². The quantitative estimate of drug-likeness (QED) is 0.885. The van der Waals surface area contributed by atoms with Crippen LogP contribution in [0.25, 0.3) is 0 Å². The molecule has 23 heavy (non-hydrogen) atoms. The molecule has 0 spiro atoms. The normalized spacial score (nSPS) is 19.5. The Morgan fingerprint density at radius 3 is 2.57 bits per heavy atom. The average molecular weight is 320 g/mol. The number of hydrogen-bond donors (Lipinski definition) is 1. The highest BCUT2D eigenvalue weighted by Crippen LogP contribution is 2.33. The van der Waals surface area contributed by atoms with E-state index in [0.717, 1.165) is 30.2 Å². The number of aliphatic hydroxyl groups is 1. The molecule has 1 amide bonds. The van der Waals surface area contributed by atoms with Gasteiger partial charge in [0.2, 0.25) is 5.91 Å². The molecule has 2 aliphatic heterocycles. The summed E-state index contributed by atoms with van der Waals surface area (Å²) >= 11 is 0. The Labute approximate surface area is 136 Å². The predicted molar refractivity (Wildman–Crippen MR) is 86.0 cm³/mol. The second-order valence-electron chi connectivity index (χ2n) is 6.02. The molecule has 1 aromatic rings. The number of ether oxygens (including phenoxy) is 2. The zero-order valence-corrected chi connectivity index (χ0v) is 13.5. The molecular formula is C17H24N2O4. The van der Waals surface area contributed by atoms with Crippen molar-refractivity contribution >= 4 is 5.91 Å². The molecule has 0 radical (unpaired) electrons. The first-order chi connectivity index (χ1) is 11.2. The molecule has 6 nitrogen and oxygen atoms in total. The Kier molecular flexibility index (Phi) is 5.03. The molecule has 6 heteroatoms. The van der Waals surface area contributed by atoms with E-state index in [1.54, 1.807) is 0 Å². The summed E-state index contributed by atoms with van der Waals surface area (Å²) in [5, 5.41) is 8.98. The summed E-state index contributed by atoms with van der Waals surface area (Å²) in [4.78, 5) is 16.8. The molecule has 1 N–H and O–H groups in total. The lowest BCUT2D eigenvalue weighted by atomic mass is 9.98. The van der Waals surface area contributed by atoms with Gasteiger partial charge in [0.1, 0.15) is 13.2 Å².